The van der Waals surface area contributed by atoms with Gasteiger partial charge in [-0.3, -0.25) is 14.4 Å². The van der Waals surface area contributed by atoms with Crippen LogP contribution in [0, 0.1) is 13.8 Å². The SMILES string of the molecule is Cc1nc(C(=O)NCc2ccc3c(c2)NC(=O)CO3)[nH]c(=O)c1C. The van der Waals surface area contributed by atoms with Gasteiger partial charge in [0.2, 0.25) is 0 Å². The summed E-state index contributed by atoms with van der Waals surface area (Å²) in [6, 6.07) is 5.24. The maximum atomic E-state index is 12.1. The second-order valence-electron chi connectivity index (χ2n) is 5.47. The molecule has 0 saturated heterocycles. The van der Waals surface area contributed by atoms with Gasteiger partial charge in [-0.15, -0.1) is 0 Å². The molecule has 0 saturated carbocycles. The molecule has 2 aromatic rings. The van der Waals surface area contributed by atoms with E-state index in [-0.39, 0.29) is 30.4 Å². The molecule has 3 N–H and O–H groups in total. The van der Waals surface area contributed by atoms with Crippen molar-refractivity contribution in [2.45, 2.75) is 20.4 Å². The number of rotatable bonds is 3. The Morgan fingerprint density at radius 3 is 2.88 bits per heavy atom. The molecule has 0 bridgehead atoms. The molecular weight excluding hydrogens is 312 g/mol. The van der Waals surface area contributed by atoms with Crippen LogP contribution in [-0.4, -0.2) is 28.4 Å². The van der Waals surface area contributed by atoms with E-state index in [0.717, 1.165) is 5.56 Å². The van der Waals surface area contributed by atoms with Crippen molar-refractivity contribution in [3.8, 4) is 5.75 Å². The molecule has 0 atom stereocenters. The number of carbonyl (C=O) groups excluding carboxylic acids is 2. The van der Waals surface area contributed by atoms with Gasteiger partial charge < -0.3 is 20.4 Å². The Balaban J connectivity index is 1.72. The van der Waals surface area contributed by atoms with Crippen molar-refractivity contribution in [1.29, 1.82) is 0 Å². The van der Waals surface area contributed by atoms with Crippen LogP contribution in [0.25, 0.3) is 0 Å². The molecule has 1 aromatic carbocycles. The van der Waals surface area contributed by atoms with Crippen molar-refractivity contribution in [3.05, 3.63) is 51.2 Å². The number of hydrogen-bond donors (Lipinski definition) is 3. The van der Waals surface area contributed by atoms with Crippen molar-refractivity contribution in [1.82, 2.24) is 15.3 Å². The van der Waals surface area contributed by atoms with Crippen LogP contribution in [0.3, 0.4) is 0 Å². The lowest BCUT2D eigenvalue weighted by atomic mass is 10.1. The van der Waals surface area contributed by atoms with E-state index in [1.165, 1.54) is 0 Å². The summed E-state index contributed by atoms with van der Waals surface area (Å²) in [5.41, 5.74) is 2.01. The first kappa shape index (κ1) is 15.7. The monoisotopic (exact) mass is 328 g/mol. The van der Waals surface area contributed by atoms with Gasteiger partial charge in [-0.05, 0) is 31.5 Å². The average molecular weight is 328 g/mol. The maximum absolute atomic E-state index is 12.1. The number of carbonyl (C=O) groups is 2. The van der Waals surface area contributed by atoms with Gasteiger partial charge in [0.15, 0.2) is 12.4 Å². The Bertz CT molecular complexity index is 888. The lowest BCUT2D eigenvalue weighted by molar-refractivity contribution is -0.118. The Hall–Kier alpha value is -3.16. The van der Waals surface area contributed by atoms with Crippen LogP contribution in [0.5, 0.6) is 5.75 Å². The van der Waals surface area contributed by atoms with Crippen LogP contribution in [0.15, 0.2) is 23.0 Å². The maximum Gasteiger partial charge on any atom is 0.287 e. The van der Waals surface area contributed by atoms with Crippen LogP contribution in [0.4, 0.5) is 5.69 Å². The molecule has 0 unspecified atom stereocenters. The van der Waals surface area contributed by atoms with Crippen LogP contribution in [0.1, 0.15) is 27.4 Å². The Kier molecular flexibility index (Phi) is 4.03. The standard InChI is InChI=1S/C16H16N4O4/c1-8-9(2)18-14(20-15(8)22)16(23)17-6-10-3-4-12-11(5-10)19-13(21)7-24-12/h3-5H,6-7H2,1-2H3,(H,17,23)(H,19,21)(H,18,20,22). The molecular formula is C16H16N4O4. The number of amides is 2. The number of ether oxygens (including phenoxy) is 1. The summed E-state index contributed by atoms with van der Waals surface area (Å²) in [6.07, 6.45) is 0. The van der Waals surface area contributed by atoms with Gasteiger partial charge in [0.1, 0.15) is 5.75 Å². The fourth-order valence-electron chi connectivity index (χ4n) is 2.26. The highest BCUT2D eigenvalue weighted by Gasteiger charge is 2.16. The number of nitrogens with zero attached hydrogens (tertiary/aromatic N) is 1. The molecule has 0 aliphatic carbocycles. The fourth-order valence-corrected chi connectivity index (χ4v) is 2.26. The average Bonchev–Trinajstić information content (AvgIpc) is 2.56. The van der Waals surface area contributed by atoms with Crippen LogP contribution in [-0.2, 0) is 11.3 Å². The highest BCUT2D eigenvalue weighted by molar-refractivity contribution is 5.95. The third-order valence-corrected chi connectivity index (χ3v) is 3.74. The zero-order chi connectivity index (χ0) is 17.3. The normalized spacial score (nSPS) is 12.8. The predicted molar refractivity (Wildman–Crippen MR) is 86.1 cm³/mol. The minimum absolute atomic E-state index is 0.00507. The summed E-state index contributed by atoms with van der Waals surface area (Å²) in [7, 11) is 0. The van der Waals surface area contributed by atoms with E-state index in [4.69, 9.17) is 4.74 Å². The highest BCUT2D eigenvalue weighted by atomic mass is 16.5. The van der Waals surface area contributed by atoms with Crippen molar-refractivity contribution < 1.29 is 14.3 Å². The molecule has 124 valence electrons. The molecule has 8 heteroatoms. The molecule has 0 spiro atoms. The predicted octanol–water partition coefficient (Wildman–Crippen LogP) is 0.648. The number of anilines is 1. The molecule has 3 rings (SSSR count). The van der Waals surface area contributed by atoms with E-state index in [9.17, 15) is 14.4 Å². The molecule has 24 heavy (non-hydrogen) atoms. The fraction of sp³-hybridized carbons (Fsp3) is 0.250. The lowest BCUT2D eigenvalue weighted by Crippen LogP contribution is -2.29. The number of fused-ring (bicyclic) bond motifs is 1. The Morgan fingerprint density at radius 2 is 2.12 bits per heavy atom. The zero-order valence-corrected chi connectivity index (χ0v) is 13.2. The summed E-state index contributed by atoms with van der Waals surface area (Å²) < 4.78 is 5.27. The second kappa shape index (κ2) is 6.15. The third kappa shape index (κ3) is 3.12. The second-order valence-corrected chi connectivity index (χ2v) is 5.47. The van der Waals surface area contributed by atoms with Gasteiger partial charge in [0.05, 0.1) is 5.69 Å². The van der Waals surface area contributed by atoms with Gasteiger partial charge in [-0.25, -0.2) is 4.98 Å². The third-order valence-electron chi connectivity index (χ3n) is 3.74. The molecule has 2 amide bonds. The highest BCUT2D eigenvalue weighted by Crippen LogP contribution is 2.28. The van der Waals surface area contributed by atoms with E-state index in [1.54, 1.807) is 32.0 Å². The van der Waals surface area contributed by atoms with E-state index >= 15 is 0 Å². The first-order chi connectivity index (χ1) is 11.4. The van der Waals surface area contributed by atoms with Gasteiger partial charge in [-0.2, -0.15) is 0 Å². The van der Waals surface area contributed by atoms with Crippen molar-refractivity contribution >= 4 is 17.5 Å². The van der Waals surface area contributed by atoms with Crippen LogP contribution >= 0.6 is 0 Å². The van der Waals surface area contributed by atoms with Gasteiger partial charge >= 0.3 is 0 Å². The largest absolute Gasteiger partial charge is 0.482 e. The first-order valence-corrected chi connectivity index (χ1v) is 7.35. The molecule has 0 radical (unpaired) electrons. The Morgan fingerprint density at radius 1 is 1.33 bits per heavy atom. The minimum Gasteiger partial charge on any atom is -0.482 e. The van der Waals surface area contributed by atoms with Crippen LogP contribution < -0.4 is 20.9 Å². The van der Waals surface area contributed by atoms with E-state index in [0.29, 0.717) is 22.7 Å². The zero-order valence-electron chi connectivity index (χ0n) is 13.2. The summed E-state index contributed by atoms with van der Waals surface area (Å²) in [4.78, 5) is 41.7. The van der Waals surface area contributed by atoms with E-state index < -0.39 is 5.91 Å². The van der Waals surface area contributed by atoms with Gasteiger partial charge in [-0.1, -0.05) is 6.07 Å². The summed E-state index contributed by atoms with van der Waals surface area (Å²) >= 11 is 0. The first-order valence-electron chi connectivity index (χ1n) is 7.35. The number of aromatic nitrogens is 2. The van der Waals surface area contributed by atoms with Crippen LogP contribution in [0.2, 0.25) is 0 Å². The number of nitrogens with one attached hydrogen (secondary N) is 3. The van der Waals surface area contributed by atoms with E-state index in [2.05, 4.69) is 20.6 Å². The molecule has 0 fully saturated rings. The molecule has 1 aliphatic rings. The number of benzene rings is 1. The summed E-state index contributed by atoms with van der Waals surface area (Å²) in [6.45, 7) is 3.54. The van der Waals surface area contributed by atoms with Crippen molar-refractivity contribution in [3.63, 3.8) is 0 Å². The molecule has 8 nitrogen and oxygen atoms in total. The minimum atomic E-state index is -0.479. The lowest BCUT2D eigenvalue weighted by Gasteiger charge is -2.18. The topological polar surface area (TPSA) is 113 Å². The van der Waals surface area contributed by atoms with E-state index in [1.807, 2.05) is 0 Å². The molecule has 2 heterocycles. The number of aromatic amines is 1. The number of H-pyrrole nitrogens is 1. The van der Waals surface area contributed by atoms with Gasteiger partial charge in [0.25, 0.3) is 17.4 Å². The van der Waals surface area contributed by atoms with Crippen molar-refractivity contribution in [2.75, 3.05) is 11.9 Å². The summed E-state index contributed by atoms with van der Waals surface area (Å²) in [5.74, 6) is -0.142. The van der Waals surface area contributed by atoms with Gasteiger partial charge in [0, 0.05) is 17.8 Å². The number of hydrogen-bond acceptors (Lipinski definition) is 5. The number of aryl methyl sites for hydroxylation is 1. The molecule has 1 aliphatic heterocycles. The quantitative estimate of drug-likeness (QED) is 0.765. The summed E-state index contributed by atoms with van der Waals surface area (Å²) in [5, 5.41) is 5.39. The molecule has 1 aromatic heterocycles. The Labute approximate surface area is 137 Å². The smallest absolute Gasteiger partial charge is 0.287 e. The van der Waals surface area contributed by atoms with Crippen molar-refractivity contribution in [2.24, 2.45) is 0 Å².